The van der Waals surface area contributed by atoms with E-state index >= 15 is 0 Å². The predicted octanol–water partition coefficient (Wildman–Crippen LogP) is 8.48. The maximum Gasteiger partial charge on any atom is 0.230 e. The summed E-state index contributed by atoms with van der Waals surface area (Å²) in [5.41, 5.74) is 13.1. The molecule has 21 heteroatoms. The molecule has 5 heterocycles. The third-order valence-corrected chi connectivity index (χ3v) is 14.5. The number of nitrogens with zero attached hydrogens (tertiary/aromatic N) is 9. The van der Waals surface area contributed by atoms with Crippen molar-refractivity contribution in [3.63, 3.8) is 0 Å². The average molecular weight is 1110 g/mol. The maximum atomic E-state index is 12.7. The summed E-state index contributed by atoms with van der Waals surface area (Å²) >= 11 is 2.78. The normalized spacial score (nSPS) is 12.0. The molecule has 5 amide bonds. The topological polar surface area (TPSA) is 266 Å². The number of carbonyl (C=O) groups excluding carboxylic acids is 5. The number of hydrogen-bond donors (Lipinski definition) is 5. The molecule has 8 aromatic rings. The minimum absolute atomic E-state index is 0.123. The fourth-order valence-electron chi connectivity index (χ4n) is 8.68. The predicted molar refractivity (Wildman–Crippen MR) is 309 cm³/mol. The monoisotopic (exact) mass is 1110 g/mol. The molecule has 0 aliphatic carbocycles. The smallest absolute Gasteiger partial charge is 0.230 e. The molecule has 6 N–H and O–H groups in total. The van der Waals surface area contributed by atoms with Gasteiger partial charge in [0.1, 0.15) is 10.0 Å². The number of anilines is 4. The van der Waals surface area contributed by atoms with Crippen molar-refractivity contribution >= 4 is 74.1 Å². The van der Waals surface area contributed by atoms with Crippen molar-refractivity contribution in [2.75, 3.05) is 27.8 Å². The largest absolute Gasteiger partial charge is 0.338 e. The Kier molecular flexibility index (Phi) is 22.0. The van der Waals surface area contributed by atoms with Gasteiger partial charge < -0.3 is 31.9 Å². The summed E-state index contributed by atoms with van der Waals surface area (Å²) in [5, 5.41) is 47.3. The second-order valence-corrected chi connectivity index (χ2v) is 21.3. The van der Waals surface area contributed by atoms with Crippen LogP contribution in [0.4, 0.5) is 21.9 Å². The van der Waals surface area contributed by atoms with Crippen LogP contribution in [0.3, 0.4) is 0 Å². The number of amides is 5. The summed E-state index contributed by atoms with van der Waals surface area (Å²) in [4.78, 5) is 63.4. The van der Waals surface area contributed by atoms with Crippen LogP contribution in [-0.4, -0.2) is 81.8 Å². The van der Waals surface area contributed by atoms with Crippen molar-refractivity contribution in [3.8, 4) is 0 Å². The van der Waals surface area contributed by atoms with E-state index < -0.39 is 0 Å². The highest BCUT2D eigenvalue weighted by Crippen LogP contribution is 2.21. The Morgan fingerprint density at radius 1 is 0.450 bits per heavy atom. The molecule has 1 saturated heterocycles. The van der Waals surface area contributed by atoms with Gasteiger partial charge in [-0.05, 0) is 109 Å². The van der Waals surface area contributed by atoms with E-state index in [9.17, 15) is 24.0 Å². The standard InChI is InChI=1S/C32H35N7O3S.C27H29N7O2S/c40-28(20-23-9-2-1-3-10-23)33-27-17-16-26(35-36-27)13-4-5-14-30-37-38-32(43-30)34-29(41)21-24-11-8-12-25(19-24)22-39-18-7-6-15-31(39)42;28-18-21-10-6-9-20(15-21)17-25(36)30-27-34-33-26(37-27)12-5-4-11-22-13-14-23(32-31-22)29-24(35)16-19-7-2-1-3-8-19/h1-3,8-12,16-17,19H,4-7,13-15,18,20-22H2,(H,33,36,40)(H,34,38,41);1-3,6-10,13-15H,4-5,11-12,16-18,28H2,(H,29,32,35)(H,30,34,36). The average Bonchev–Trinajstić information content (AvgIpc) is 4.12. The van der Waals surface area contributed by atoms with Crippen molar-refractivity contribution in [2.24, 2.45) is 5.73 Å². The molecule has 80 heavy (non-hydrogen) atoms. The highest BCUT2D eigenvalue weighted by Gasteiger charge is 2.19. The zero-order valence-corrected chi connectivity index (χ0v) is 46.0. The molecule has 9 rings (SSSR count). The van der Waals surface area contributed by atoms with E-state index in [0.29, 0.717) is 47.8 Å². The van der Waals surface area contributed by atoms with Crippen LogP contribution < -0.4 is 27.0 Å². The fourth-order valence-corrected chi connectivity index (χ4v) is 10.3. The lowest BCUT2D eigenvalue weighted by Crippen LogP contribution is -2.34. The Labute approximate surface area is 472 Å². The number of unbranched alkanes of at least 4 members (excludes halogenated alkanes) is 2. The SMILES string of the molecule is NCc1cccc(CC(=O)Nc2nnc(CCCCc3ccc(NC(=O)Cc4ccccc4)nn3)s2)c1.O=C(Cc1ccccc1)Nc1ccc(CCCCc2nnc(NC(=O)Cc3cccc(CN4CCCCC4=O)c3)s2)nn1. The van der Waals surface area contributed by atoms with Gasteiger partial charge in [0.2, 0.25) is 39.8 Å². The highest BCUT2D eigenvalue weighted by atomic mass is 32.1. The Morgan fingerprint density at radius 2 is 0.887 bits per heavy atom. The van der Waals surface area contributed by atoms with Crippen LogP contribution in [0.15, 0.2) is 133 Å². The summed E-state index contributed by atoms with van der Waals surface area (Å²) in [6.07, 6.45) is 10.4. The van der Waals surface area contributed by atoms with Crippen molar-refractivity contribution in [3.05, 3.63) is 188 Å². The van der Waals surface area contributed by atoms with Crippen molar-refractivity contribution < 1.29 is 24.0 Å². The zero-order chi connectivity index (χ0) is 55.7. The minimum Gasteiger partial charge on any atom is -0.338 e. The first kappa shape index (κ1) is 57.6. The van der Waals surface area contributed by atoms with E-state index in [0.717, 1.165) is 126 Å². The molecule has 412 valence electrons. The first-order valence-corrected chi connectivity index (χ1v) is 28.4. The molecule has 19 nitrogen and oxygen atoms in total. The lowest BCUT2D eigenvalue weighted by molar-refractivity contribution is -0.134. The van der Waals surface area contributed by atoms with E-state index in [1.165, 1.54) is 22.7 Å². The molecular weight excluding hydrogens is 1050 g/mol. The summed E-state index contributed by atoms with van der Waals surface area (Å²) in [5.74, 6) is 0.557. The van der Waals surface area contributed by atoms with E-state index in [2.05, 4.69) is 62.1 Å². The van der Waals surface area contributed by atoms with Crippen LogP contribution in [0, 0.1) is 0 Å². The van der Waals surface area contributed by atoms with Gasteiger partial charge in [0, 0.05) is 38.9 Å². The number of benzene rings is 4. The Hall–Kier alpha value is -8.53. The first-order chi connectivity index (χ1) is 39.1. The molecule has 4 aromatic carbocycles. The Balaban J connectivity index is 0.000000213. The van der Waals surface area contributed by atoms with Crippen LogP contribution in [-0.2, 0) is 88.4 Å². The van der Waals surface area contributed by atoms with Crippen LogP contribution in [0.1, 0.15) is 99.7 Å². The number of nitrogens with one attached hydrogen (secondary N) is 4. The number of rotatable bonds is 25. The number of nitrogens with two attached hydrogens (primary N) is 1. The molecular formula is C59H64N14O5S2. The van der Waals surface area contributed by atoms with E-state index in [4.69, 9.17) is 5.73 Å². The van der Waals surface area contributed by atoms with Crippen LogP contribution in [0.2, 0.25) is 0 Å². The lowest BCUT2D eigenvalue weighted by atomic mass is 10.1. The first-order valence-electron chi connectivity index (χ1n) is 26.8. The van der Waals surface area contributed by atoms with Crippen LogP contribution >= 0.6 is 22.7 Å². The molecule has 0 atom stereocenters. The highest BCUT2D eigenvalue weighted by molar-refractivity contribution is 7.15. The molecule has 0 spiro atoms. The second kappa shape index (κ2) is 30.6. The summed E-state index contributed by atoms with van der Waals surface area (Å²) < 4.78 is 0. The Bertz CT molecular complexity index is 3270. The Morgan fingerprint density at radius 3 is 1.36 bits per heavy atom. The van der Waals surface area contributed by atoms with Crippen molar-refractivity contribution in [1.82, 2.24) is 45.7 Å². The quantitative estimate of drug-likeness (QED) is 0.0336. The van der Waals surface area contributed by atoms with Gasteiger partial charge in [-0.1, -0.05) is 132 Å². The number of aromatic nitrogens is 8. The van der Waals surface area contributed by atoms with E-state index in [1.807, 2.05) is 126 Å². The van der Waals surface area contributed by atoms with Crippen LogP contribution in [0.25, 0.3) is 0 Å². The molecule has 1 fully saturated rings. The molecule has 0 saturated carbocycles. The van der Waals surface area contributed by atoms with Crippen molar-refractivity contribution in [2.45, 2.75) is 109 Å². The molecule has 1 aliphatic rings. The second-order valence-electron chi connectivity index (χ2n) is 19.2. The van der Waals surface area contributed by atoms with Gasteiger partial charge in [-0.15, -0.1) is 30.6 Å². The summed E-state index contributed by atoms with van der Waals surface area (Å²) in [6, 6.07) is 42.0. The van der Waals surface area contributed by atoms with Gasteiger partial charge in [-0.25, -0.2) is 0 Å². The van der Waals surface area contributed by atoms with E-state index in [1.54, 1.807) is 12.1 Å². The third kappa shape index (κ3) is 19.7. The van der Waals surface area contributed by atoms with Gasteiger partial charge in [0.05, 0.1) is 37.1 Å². The van der Waals surface area contributed by atoms with Crippen molar-refractivity contribution in [1.29, 1.82) is 0 Å². The van der Waals surface area contributed by atoms with E-state index in [-0.39, 0.29) is 48.8 Å². The molecule has 0 radical (unpaired) electrons. The number of hydrogen-bond acceptors (Lipinski definition) is 16. The van der Waals surface area contributed by atoms with Crippen LogP contribution in [0.5, 0.6) is 0 Å². The minimum atomic E-state index is -0.146. The van der Waals surface area contributed by atoms with Gasteiger partial charge in [0.15, 0.2) is 11.6 Å². The fraction of sp³-hybridized carbons (Fsp3) is 0.305. The number of piperidine rings is 1. The summed E-state index contributed by atoms with van der Waals surface area (Å²) in [6.45, 7) is 1.82. The third-order valence-electron chi connectivity index (χ3n) is 12.7. The number of likely N-dealkylation sites (tertiary alicyclic amines) is 1. The zero-order valence-electron chi connectivity index (χ0n) is 44.4. The van der Waals surface area contributed by atoms with Gasteiger partial charge >= 0.3 is 0 Å². The van der Waals surface area contributed by atoms with Gasteiger partial charge in [0.25, 0.3) is 0 Å². The summed E-state index contributed by atoms with van der Waals surface area (Å²) in [7, 11) is 0. The number of aryl methyl sites for hydroxylation is 4. The molecule has 4 aromatic heterocycles. The maximum absolute atomic E-state index is 12.7. The lowest BCUT2D eigenvalue weighted by Gasteiger charge is -2.26. The molecule has 1 aliphatic heterocycles. The van der Waals surface area contributed by atoms with Gasteiger partial charge in [-0.2, -0.15) is 10.2 Å². The molecule has 0 bridgehead atoms. The molecule has 0 unspecified atom stereocenters. The number of carbonyl (C=O) groups is 5. The van der Waals surface area contributed by atoms with Gasteiger partial charge in [-0.3, -0.25) is 24.0 Å².